The molecule has 140 valence electrons. The molecule has 1 aliphatic heterocycles. The summed E-state index contributed by atoms with van der Waals surface area (Å²) in [5.74, 6) is 0. The zero-order valence-corrected chi connectivity index (χ0v) is 15.5. The smallest absolute Gasteiger partial charge is 0.278 e. The fourth-order valence-electron chi connectivity index (χ4n) is 3.35. The maximum absolute atomic E-state index is 14.1. The number of allylic oxidation sites excluding steroid dienone is 2. The van der Waals surface area contributed by atoms with Gasteiger partial charge in [0.1, 0.15) is 0 Å². The van der Waals surface area contributed by atoms with E-state index in [9.17, 15) is 8.78 Å². The number of aliphatic imine (C=N–C) groups is 1. The predicted octanol–water partition coefficient (Wildman–Crippen LogP) is 6.15. The Bertz CT molecular complexity index is 994. The molecule has 0 spiro atoms. The number of anilines is 1. The van der Waals surface area contributed by atoms with Crippen LogP contribution in [0.15, 0.2) is 102 Å². The Labute approximate surface area is 163 Å². The lowest BCUT2D eigenvalue weighted by Gasteiger charge is -2.36. The molecule has 0 saturated heterocycles. The maximum Gasteiger partial charge on any atom is 0.278 e. The van der Waals surface area contributed by atoms with Crippen LogP contribution in [-0.4, -0.2) is 12.1 Å². The van der Waals surface area contributed by atoms with Crippen molar-refractivity contribution in [1.82, 2.24) is 0 Å². The van der Waals surface area contributed by atoms with Gasteiger partial charge in [-0.2, -0.15) is 0 Å². The number of hydrogen-bond acceptors (Lipinski definition) is 2. The summed E-state index contributed by atoms with van der Waals surface area (Å²) >= 11 is 0. The van der Waals surface area contributed by atoms with Crippen molar-refractivity contribution >= 4 is 11.4 Å². The number of halogens is 2. The van der Waals surface area contributed by atoms with E-state index in [-0.39, 0.29) is 5.70 Å². The van der Waals surface area contributed by atoms with Gasteiger partial charge in [-0.25, -0.2) is 8.78 Å². The zero-order chi connectivity index (χ0) is 19.5. The third-order valence-corrected chi connectivity index (χ3v) is 4.77. The lowest BCUT2D eigenvalue weighted by molar-refractivity contribution is 0.183. The van der Waals surface area contributed by atoms with Crippen molar-refractivity contribution in [3.63, 3.8) is 0 Å². The highest BCUT2D eigenvalue weighted by atomic mass is 19.3. The molecule has 3 aromatic rings. The minimum Gasteiger partial charge on any atom is -0.313 e. The normalized spacial score (nSPS) is 16.7. The van der Waals surface area contributed by atoms with Gasteiger partial charge in [0.25, 0.3) is 6.43 Å². The first-order chi connectivity index (χ1) is 13.6. The van der Waals surface area contributed by atoms with Crippen molar-refractivity contribution in [3.8, 4) is 0 Å². The monoisotopic (exact) mass is 374 g/mol. The quantitative estimate of drug-likeness (QED) is 0.535. The highest BCUT2D eigenvalue weighted by Crippen LogP contribution is 2.37. The number of nitrogens with zero attached hydrogens (tertiary/aromatic N) is 2. The molecule has 0 fully saturated rings. The first kappa shape index (κ1) is 18.1. The molecule has 4 heteroatoms. The minimum atomic E-state index is -2.62. The van der Waals surface area contributed by atoms with Gasteiger partial charge in [-0.15, -0.1) is 0 Å². The Morgan fingerprint density at radius 1 is 0.821 bits per heavy atom. The number of benzene rings is 3. The summed E-state index contributed by atoms with van der Waals surface area (Å²) in [6.45, 7) is 2.00. The van der Waals surface area contributed by atoms with Crippen molar-refractivity contribution in [2.24, 2.45) is 4.99 Å². The van der Waals surface area contributed by atoms with Crippen LogP contribution in [0.5, 0.6) is 0 Å². The average Bonchev–Trinajstić information content (AvgIpc) is 2.74. The zero-order valence-electron chi connectivity index (χ0n) is 15.5. The van der Waals surface area contributed by atoms with E-state index >= 15 is 0 Å². The SMILES string of the molecule is Cc1ccc(C2N=C(c3ccccc3)C=C(C(F)F)N2c2ccccc2)cc1. The second kappa shape index (κ2) is 7.77. The Hall–Kier alpha value is -3.27. The lowest BCUT2D eigenvalue weighted by atomic mass is 10.0. The van der Waals surface area contributed by atoms with Gasteiger partial charge in [-0.1, -0.05) is 78.4 Å². The predicted molar refractivity (Wildman–Crippen MR) is 110 cm³/mol. The molecular weight excluding hydrogens is 354 g/mol. The van der Waals surface area contributed by atoms with E-state index in [1.165, 1.54) is 6.08 Å². The van der Waals surface area contributed by atoms with Gasteiger partial charge in [0.15, 0.2) is 6.17 Å². The molecule has 0 bridgehead atoms. The van der Waals surface area contributed by atoms with E-state index in [2.05, 4.69) is 0 Å². The van der Waals surface area contributed by atoms with Crippen LogP contribution >= 0.6 is 0 Å². The largest absolute Gasteiger partial charge is 0.313 e. The standard InChI is InChI=1S/C24H20F2N2/c1-17-12-14-19(15-13-17)24-27-21(18-8-4-2-5-9-18)16-22(23(25)26)28(24)20-10-6-3-7-11-20/h2-16,23-24H,1H3. The van der Waals surface area contributed by atoms with Crippen molar-refractivity contribution in [3.05, 3.63) is 113 Å². The van der Waals surface area contributed by atoms with Gasteiger partial charge in [0.05, 0.1) is 11.4 Å². The molecule has 0 N–H and O–H groups in total. The van der Waals surface area contributed by atoms with Crippen LogP contribution in [-0.2, 0) is 0 Å². The van der Waals surface area contributed by atoms with Crippen LogP contribution in [0.2, 0.25) is 0 Å². The van der Waals surface area contributed by atoms with Gasteiger partial charge in [-0.3, -0.25) is 4.99 Å². The lowest BCUT2D eigenvalue weighted by Crippen LogP contribution is -2.34. The molecule has 1 aliphatic rings. The van der Waals surface area contributed by atoms with E-state index in [1.54, 1.807) is 4.90 Å². The van der Waals surface area contributed by atoms with Gasteiger partial charge < -0.3 is 4.90 Å². The number of hydrogen-bond donors (Lipinski definition) is 0. The second-order valence-corrected chi connectivity index (χ2v) is 6.74. The van der Waals surface area contributed by atoms with Gasteiger partial charge >= 0.3 is 0 Å². The van der Waals surface area contributed by atoms with E-state index in [4.69, 9.17) is 4.99 Å². The van der Waals surface area contributed by atoms with Crippen molar-refractivity contribution in [1.29, 1.82) is 0 Å². The minimum absolute atomic E-state index is 0.0503. The number of alkyl halides is 2. The highest BCUT2D eigenvalue weighted by Gasteiger charge is 2.32. The molecule has 4 rings (SSSR count). The Balaban J connectivity index is 1.89. The highest BCUT2D eigenvalue weighted by molar-refractivity contribution is 6.10. The molecule has 1 atom stereocenters. The Morgan fingerprint density at radius 3 is 2.04 bits per heavy atom. The molecule has 0 radical (unpaired) electrons. The van der Waals surface area contributed by atoms with E-state index < -0.39 is 12.6 Å². The average molecular weight is 374 g/mol. The summed E-state index contributed by atoms with van der Waals surface area (Å²) in [6.07, 6.45) is -1.69. The molecule has 0 saturated carbocycles. The molecule has 0 aromatic heterocycles. The molecule has 0 amide bonds. The summed E-state index contributed by atoms with van der Waals surface area (Å²) in [4.78, 5) is 6.50. The summed E-state index contributed by atoms with van der Waals surface area (Å²) in [5, 5.41) is 0. The summed E-state index contributed by atoms with van der Waals surface area (Å²) in [5.41, 5.74) is 4.01. The van der Waals surface area contributed by atoms with E-state index in [1.807, 2.05) is 91.9 Å². The Kier molecular flexibility index (Phi) is 5.02. The number of para-hydroxylation sites is 1. The fourth-order valence-corrected chi connectivity index (χ4v) is 3.35. The van der Waals surface area contributed by atoms with Crippen molar-refractivity contribution < 1.29 is 8.78 Å². The molecule has 1 unspecified atom stereocenters. The third kappa shape index (κ3) is 3.58. The van der Waals surface area contributed by atoms with Crippen LogP contribution in [0.4, 0.5) is 14.5 Å². The van der Waals surface area contributed by atoms with Crippen molar-refractivity contribution in [2.45, 2.75) is 19.5 Å². The second-order valence-electron chi connectivity index (χ2n) is 6.74. The third-order valence-electron chi connectivity index (χ3n) is 4.77. The maximum atomic E-state index is 14.1. The molecule has 28 heavy (non-hydrogen) atoms. The van der Waals surface area contributed by atoms with Crippen LogP contribution in [0.1, 0.15) is 22.9 Å². The molecular formula is C24H20F2N2. The fraction of sp³-hybridized carbons (Fsp3) is 0.125. The van der Waals surface area contributed by atoms with Gasteiger partial charge in [0, 0.05) is 5.69 Å². The first-order valence-electron chi connectivity index (χ1n) is 9.17. The van der Waals surface area contributed by atoms with E-state index in [0.717, 1.165) is 16.7 Å². The molecule has 3 aromatic carbocycles. The van der Waals surface area contributed by atoms with Gasteiger partial charge in [0.2, 0.25) is 0 Å². The molecule has 1 heterocycles. The first-order valence-corrected chi connectivity index (χ1v) is 9.17. The van der Waals surface area contributed by atoms with Crippen LogP contribution in [0.25, 0.3) is 0 Å². The van der Waals surface area contributed by atoms with Crippen LogP contribution in [0, 0.1) is 6.92 Å². The Morgan fingerprint density at radius 2 is 1.43 bits per heavy atom. The molecule has 2 nitrogen and oxygen atoms in total. The topological polar surface area (TPSA) is 15.6 Å². The van der Waals surface area contributed by atoms with Crippen LogP contribution in [0.3, 0.4) is 0 Å². The van der Waals surface area contributed by atoms with Crippen molar-refractivity contribution in [2.75, 3.05) is 4.90 Å². The summed E-state index contributed by atoms with van der Waals surface area (Å²) in [7, 11) is 0. The number of rotatable bonds is 4. The van der Waals surface area contributed by atoms with Gasteiger partial charge in [-0.05, 0) is 36.3 Å². The summed E-state index contributed by atoms with van der Waals surface area (Å²) < 4.78 is 28.3. The molecule has 0 aliphatic carbocycles. The van der Waals surface area contributed by atoms with E-state index in [0.29, 0.717) is 11.4 Å². The van der Waals surface area contributed by atoms with Crippen LogP contribution < -0.4 is 4.90 Å². The summed E-state index contributed by atoms with van der Waals surface area (Å²) in [6, 6.07) is 26.6. The number of aryl methyl sites for hydroxylation is 1.